The Bertz CT molecular complexity index is 377. The van der Waals surface area contributed by atoms with Gasteiger partial charge in [0.25, 0.3) is 0 Å². The third kappa shape index (κ3) is 8.31. The minimum atomic E-state index is 0. The zero-order chi connectivity index (χ0) is 14.8. The van der Waals surface area contributed by atoms with E-state index in [1.54, 1.807) is 0 Å². The number of guanidine groups is 1. The van der Waals surface area contributed by atoms with Gasteiger partial charge in [0, 0.05) is 51.7 Å². The van der Waals surface area contributed by atoms with E-state index in [1.165, 1.54) is 6.42 Å². The van der Waals surface area contributed by atoms with E-state index in [0.29, 0.717) is 6.04 Å². The highest BCUT2D eigenvalue weighted by atomic mass is 127. The standard InChI is InChI=1S/C15H29N5.HI/c1-5-14(2)19(4)12-8-17-15(16-3)18-9-13-20-10-6-7-11-20;/h6-7,10-11,14H,5,8-9,12-13H2,1-4H3,(H2,16,17,18);1H. The largest absolute Gasteiger partial charge is 0.355 e. The van der Waals surface area contributed by atoms with Crippen LogP contribution < -0.4 is 10.6 Å². The van der Waals surface area contributed by atoms with Crippen LogP contribution in [-0.2, 0) is 6.54 Å². The minimum absolute atomic E-state index is 0. The fourth-order valence-electron chi connectivity index (χ4n) is 1.93. The van der Waals surface area contributed by atoms with Gasteiger partial charge < -0.3 is 20.1 Å². The van der Waals surface area contributed by atoms with Crippen molar-refractivity contribution < 1.29 is 0 Å². The summed E-state index contributed by atoms with van der Waals surface area (Å²) in [5.74, 6) is 0.870. The van der Waals surface area contributed by atoms with Crippen molar-refractivity contribution in [3.8, 4) is 0 Å². The molecule has 1 atom stereocenters. The number of aromatic nitrogens is 1. The van der Waals surface area contributed by atoms with E-state index in [4.69, 9.17) is 0 Å². The molecule has 0 aliphatic rings. The molecule has 1 rings (SSSR count). The van der Waals surface area contributed by atoms with Crippen LogP contribution in [0.15, 0.2) is 29.5 Å². The molecule has 0 bridgehead atoms. The van der Waals surface area contributed by atoms with Crippen LogP contribution in [0.2, 0.25) is 0 Å². The van der Waals surface area contributed by atoms with Crippen LogP contribution in [0.25, 0.3) is 0 Å². The zero-order valence-electron chi connectivity index (χ0n) is 13.7. The van der Waals surface area contributed by atoms with Gasteiger partial charge in [0.05, 0.1) is 0 Å². The molecule has 0 saturated carbocycles. The van der Waals surface area contributed by atoms with Crippen molar-refractivity contribution in [3.05, 3.63) is 24.5 Å². The van der Waals surface area contributed by atoms with Gasteiger partial charge in [0.2, 0.25) is 0 Å². The predicted octanol–water partition coefficient (Wildman–Crippen LogP) is 2.00. The fourth-order valence-corrected chi connectivity index (χ4v) is 1.93. The Morgan fingerprint density at radius 1 is 1.24 bits per heavy atom. The summed E-state index contributed by atoms with van der Waals surface area (Å²) < 4.78 is 2.15. The van der Waals surface area contributed by atoms with Crippen molar-refractivity contribution >= 4 is 29.9 Å². The molecule has 122 valence electrons. The second kappa shape index (κ2) is 11.9. The summed E-state index contributed by atoms with van der Waals surface area (Å²) in [5, 5.41) is 6.67. The van der Waals surface area contributed by atoms with Gasteiger partial charge >= 0.3 is 0 Å². The maximum absolute atomic E-state index is 4.24. The zero-order valence-corrected chi connectivity index (χ0v) is 16.0. The van der Waals surface area contributed by atoms with Gasteiger partial charge in [-0.25, -0.2) is 0 Å². The lowest BCUT2D eigenvalue weighted by atomic mass is 10.2. The predicted molar refractivity (Wildman–Crippen MR) is 102 cm³/mol. The number of hydrogen-bond donors (Lipinski definition) is 2. The Kier molecular flexibility index (Phi) is 11.4. The van der Waals surface area contributed by atoms with E-state index < -0.39 is 0 Å². The molecular formula is C15H30IN5. The smallest absolute Gasteiger partial charge is 0.191 e. The van der Waals surface area contributed by atoms with Gasteiger partial charge in [-0.05, 0) is 32.5 Å². The number of aliphatic imine (C=N–C) groups is 1. The minimum Gasteiger partial charge on any atom is -0.355 e. The Morgan fingerprint density at radius 2 is 1.86 bits per heavy atom. The van der Waals surface area contributed by atoms with E-state index in [1.807, 2.05) is 19.2 Å². The number of likely N-dealkylation sites (N-methyl/N-ethyl adjacent to an activating group) is 1. The Hall–Kier alpha value is -0.760. The van der Waals surface area contributed by atoms with Crippen LogP contribution in [0.5, 0.6) is 0 Å². The van der Waals surface area contributed by atoms with Crippen LogP contribution in [0, 0.1) is 0 Å². The van der Waals surface area contributed by atoms with Crippen LogP contribution in [0.1, 0.15) is 20.3 Å². The number of nitrogens with zero attached hydrogens (tertiary/aromatic N) is 3. The molecule has 0 radical (unpaired) electrons. The normalized spacial score (nSPS) is 12.9. The second-order valence-corrected chi connectivity index (χ2v) is 5.08. The van der Waals surface area contributed by atoms with Gasteiger partial charge in [0.15, 0.2) is 5.96 Å². The molecule has 5 nitrogen and oxygen atoms in total. The van der Waals surface area contributed by atoms with E-state index in [9.17, 15) is 0 Å². The molecule has 0 aromatic carbocycles. The molecule has 1 unspecified atom stereocenters. The summed E-state index contributed by atoms with van der Waals surface area (Å²) in [5.41, 5.74) is 0. The molecule has 0 aliphatic heterocycles. The molecule has 0 saturated heterocycles. The Morgan fingerprint density at radius 3 is 2.43 bits per heavy atom. The third-order valence-corrected chi connectivity index (χ3v) is 3.65. The average molecular weight is 407 g/mol. The van der Waals surface area contributed by atoms with E-state index in [0.717, 1.165) is 32.1 Å². The van der Waals surface area contributed by atoms with Gasteiger partial charge in [-0.2, -0.15) is 0 Å². The topological polar surface area (TPSA) is 44.6 Å². The first-order chi connectivity index (χ1) is 9.67. The van der Waals surface area contributed by atoms with Gasteiger partial charge in [0.1, 0.15) is 0 Å². The van der Waals surface area contributed by atoms with Crippen LogP contribution >= 0.6 is 24.0 Å². The highest BCUT2D eigenvalue weighted by molar-refractivity contribution is 14.0. The lowest BCUT2D eigenvalue weighted by Gasteiger charge is -2.24. The molecule has 0 amide bonds. The van der Waals surface area contributed by atoms with Gasteiger partial charge in [-0.15, -0.1) is 24.0 Å². The summed E-state index contributed by atoms with van der Waals surface area (Å²) in [7, 11) is 3.97. The first kappa shape index (κ1) is 20.2. The molecule has 1 aromatic heterocycles. The fraction of sp³-hybridized carbons (Fsp3) is 0.667. The molecule has 21 heavy (non-hydrogen) atoms. The van der Waals surface area contributed by atoms with E-state index in [2.05, 4.69) is 58.4 Å². The SMILES string of the molecule is CCC(C)N(C)CCNC(=NC)NCCn1cccc1.I. The lowest BCUT2D eigenvalue weighted by Crippen LogP contribution is -2.43. The van der Waals surface area contributed by atoms with Crippen molar-refractivity contribution in [1.29, 1.82) is 0 Å². The second-order valence-electron chi connectivity index (χ2n) is 5.08. The van der Waals surface area contributed by atoms with E-state index >= 15 is 0 Å². The van der Waals surface area contributed by atoms with Crippen LogP contribution in [0.3, 0.4) is 0 Å². The number of nitrogens with one attached hydrogen (secondary N) is 2. The highest BCUT2D eigenvalue weighted by Gasteiger charge is 2.06. The summed E-state index contributed by atoms with van der Waals surface area (Å²) in [6, 6.07) is 4.70. The summed E-state index contributed by atoms with van der Waals surface area (Å²) in [4.78, 5) is 6.60. The lowest BCUT2D eigenvalue weighted by molar-refractivity contribution is 0.255. The molecule has 0 aliphatic carbocycles. The molecule has 0 spiro atoms. The molecular weight excluding hydrogens is 377 g/mol. The number of rotatable bonds is 8. The Balaban J connectivity index is 0.00000400. The van der Waals surface area contributed by atoms with Crippen molar-refractivity contribution in [3.63, 3.8) is 0 Å². The highest BCUT2D eigenvalue weighted by Crippen LogP contribution is 1.97. The van der Waals surface area contributed by atoms with Crippen LogP contribution in [-0.4, -0.2) is 55.2 Å². The number of halogens is 1. The van der Waals surface area contributed by atoms with Crippen molar-refractivity contribution in [2.75, 3.05) is 33.7 Å². The first-order valence-corrected chi connectivity index (χ1v) is 7.42. The first-order valence-electron chi connectivity index (χ1n) is 7.42. The summed E-state index contributed by atoms with van der Waals surface area (Å²) in [6.07, 6.45) is 5.32. The molecule has 1 aromatic rings. The number of hydrogen-bond acceptors (Lipinski definition) is 2. The molecule has 2 N–H and O–H groups in total. The monoisotopic (exact) mass is 407 g/mol. The van der Waals surface area contributed by atoms with Crippen molar-refractivity contribution in [1.82, 2.24) is 20.1 Å². The summed E-state index contributed by atoms with van der Waals surface area (Å²) in [6.45, 7) is 8.22. The quantitative estimate of drug-likeness (QED) is 0.394. The maximum atomic E-state index is 4.24. The molecule has 6 heteroatoms. The average Bonchev–Trinajstić information content (AvgIpc) is 2.97. The van der Waals surface area contributed by atoms with Gasteiger partial charge in [-0.3, -0.25) is 4.99 Å². The maximum Gasteiger partial charge on any atom is 0.191 e. The van der Waals surface area contributed by atoms with Crippen molar-refractivity contribution in [2.24, 2.45) is 4.99 Å². The molecule has 1 heterocycles. The van der Waals surface area contributed by atoms with E-state index in [-0.39, 0.29) is 24.0 Å². The van der Waals surface area contributed by atoms with Crippen molar-refractivity contribution in [2.45, 2.75) is 32.9 Å². The van der Waals surface area contributed by atoms with Crippen LogP contribution in [0.4, 0.5) is 0 Å². The summed E-state index contributed by atoms with van der Waals surface area (Å²) >= 11 is 0. The third-order valence-electron chi connectivity index (χ3n) is 3.65. The molecule has 0 fully saturated rings. The Labute approximate surface area is 146 Å². The van der Waals surface area contributed by atoms with Gasteiger partial charge in [-0.1, -0.05) is 6.92 Å².